The predicted molar refractivity (Wildman–Crippen MR) is 88.2 cm³/mol. The Morgan fingerprint density at radius 1 is 1.00 bits per heavy atom. The van der Waals surface area contributed by atoms with Crippen LogP contribution in [0.1, 0.15) is 48.9 Å². The Hall–Kier alpha value is -1.83. The largest absolute Gasteiger partial charge is 0.378 e. The number of aryl methyl sites for hydroxylation is 2. The van der Waals surface area contributed by atoms with E-state index in [1.54, 1.807) is 0 Å². The van der Waals surface area contributed by atoms with Crippen LogP contribution < -0.4 is 5.32 Å². The fourth-order valence-corrected chi connectivity index (χ4v) is 2.68. The van der Waals surface area contributed by atoms with Crippen LogP contribution >= 0.6 is 0 Å². The maximum atomic E-state index is 13.1. The summed E-state index contributed by atoms with van der Waals surface area (Å²) in [6.45, 7) is 6.41. The van der Waals surface area contributed by atoms with Crippen molar-refractivity contribution in [1.29, 1.82) is 0 Å². The van der Waals surface area contributed by atoms with Gasteiger partial charge in [-0.25, -0.2) is 4.39 Å². The van der Waals surface area contributed by atoms with Gasteiger partial charge >= 0.3 is 0 Å². The Morgan fingerprint density at radius 2 is 1.62 bits per heavy atom. The highest BCUT2D eigenvalue weighted by atomic mass is 19.1. The summed E-state index contributed by atoms with van der Waals surface area (Å²) in [7, 11) is 0. The predicted octanol–water partition coefficient (Wildman–Crippen LogP) is 5.79. The minimum atomic E-state index is -0.181. The van der Waals surface area contributed by atoms with Crippen LogP contribution in [0.5, 0.6) is 0 Å². The zero-order valence-electron chi connectivity index (χ0n) is 13.1. The second-order valence-electron chi connectivity index (χ2n) is 5.77. The lowest BCUT2D eigenvalue weighted by Gasteiger charge is -2.21. The Morgan fingerprint density at radius 3 is 2.19 bits per heavy atom. The molecule has 112 valence electrons. The lowest BCUT2D eigenvalue weighted by atomic mass is 10.00. The molecule has 0 aliphatic heterocycles. The molecular formula is C19H24FN. The summed E-state index contributed by atoms with van der Waals surface area (Å²) in [6.07, 6.45) is 3.36. The van der Waals surface area contributed by atoms with Crippen LogP contribution in [0.15, 0.2) is 42.5 Å². The highest BCUT2D eigenvalue weighted by Gasteiger charge is 2.11. The first-order chi connectivity index (χ1) is 10.1. The third kappa shape index (κ3) is 4.59. The van der Waals surface area contributed by atoms with Gasteiger partial charge in [0.15, 0.2) is 0 Å². The summed E-state index contributed by atoms with van der Waals surface area (Å²) in [5, 5.41) is 3.61. The highest BCUT2D eigenvalue weighted by Crippen LogP contribution is 2.26. The van der Waals surface area contributed by atoms with E-state index in [1.807, 2.05) is 12.1 Å². The normalized spacial score (nSPS) is 12.2. The smallest absolute Gasteiger partial charge is 0.123 e. The van der Waals surface area contributed by atoms with Crippen LogP contribution in [0.3, 0.4) is 0 Å². The van der Waals surface area contributed by atoms with Crippen molar-refractivity contribution < 1.29 is 4.39 Å². The Bertz CT molecular complexity index is 554. The first kappa shape index (κ1) is 15.6. The van der Waals surface area contributed by atoms with Crippen molar-refractivity contribution in [2.75, 3.05) is 5.32 Å². The van der Waals surface area contributed by atoms with Crippen molar-refractivity contribution in [2.24, 2.45) is 0 Å². The van der Waals surface area contributed by atoms with E-state index in [0.717, 1.165) is 30.5 Å². The minimum absolute atomic E-state index is 0.181. The monoisotopic (exact) mass is 285 g/mol. The van der Waals surface area contributed by atoms with Gasteiger partial charge in [-0.2, -0.15) is 0 Å². The lowest BCUT2D eigenvalue weighted by molar-refractivity contribution is 0.616. The first-order valence-electron chi connectivity index (χ1n) is 7.69. The number of halogens is 1. The standard InChI is InChI=1S/C19H24FN/c1-4-5-6-19(16-7-9-17(20)10-8-16)21-18-12-14(2)11-15(3)13-18/h7-13,19,21H,4-6H2,1-3H3. The molecule has 0 fully saturated rings. The molecule has 0 aromatic heterocycles. The number of hydrogen-bond donors (Lipinski definition) is 1. The summed E-state index contributed by atoms with van der Waals surface area (Å²) in [5.41, 5.74) is 4.79. The van der Waals surface area contributed by atoms with Crippen LogP contribution in [-0.4, -0.2) is 0 Å². The van der Waals surface area contributed by atoms with Crippen LogP contribution in [0.2, 0.25) is 0 Å². The number of rotatable bonds is 6. The third-order valence-electron chi connectivity index (χ3n) is 3.68. The molecule has 1 nitrogen and oxygen atoms in total. The van der Waals surface area contributed by atoms with E-state index in [2.05, 4.69) is 44.3 Å². The molecule has 2 aromatic rings. The van der Waals surface area contributed by atoms with E-state index in [9.17, 15) is 4.39 Å². The molecule has 2 aromatic carbocycles. The van der Waals surface area contributed by atoms with Crippen molar-refractivity contribution >= 4 is 5.69 Å². The molecule has 1 unspecified atom stereocenters. The molecule has 0 saturated heterocycles. The lowest BCUT2D eigenvalue weighted by Crippen LogP contribution is -2.11. The SMILES string of the molecule is CCCCC(Nc1cc(C)cc(C)c1)c1ccc(F)cc1. The van der Waals surface area contributed by atoms with Gasteiger partial charge in [0.25, 0.3) is 0 Å². The number of hydrogen-bond acceptors (Lipinski definition) is 1. The molecule has 1 N–H and O–H groups in total. The minimum Gasteiger partial charge on any atom is -0.378 e. The summed E-state index contributed by atoms with van der Waals surface area (Å²) in [5.74, 6) is -0.181. The van der Waals surface area contributed by atoms with E-state index in [0.29, 0.717) is 0 Å². The molecule has 1 atom stereocenters. The maximum absolute atomic E-state index is 13.1. The van der Waals surface area contributed by atoms with Crippen molar-refractivity contribution in [3.63, 3.8) is 0 Å². The molecule has 0 bridgehead atoms. The molecule has 0 spiro atoms. The zero-order valence-corrected chi connectivity index (χ0v) is 13.1. The molecule has 21 heavy (non-hydrogen) atoms. The van der Waals surface area contributed by atoms with Gasteiger partial charge in [0, 0.05) is 5.69 Å². The number of benzene rings is 2. The summed E-state index contributed by atoms with van der Waals surface area (Å²) < 4.78 is 13.1. The van der Waals surface area contributed by atoms with Crippen molar-refractivity contribution in [3.05, 3.63) is 65.0 Å². The second-order valence-corrected chi connectivity index (χ2v) is 5.77. The van der Waals surface area contributed by atoms with Crippen LogP contribution in [0, 0.1) is 19.7 Å². The van der Waals surface area contributed by atoms with Gasteiger partial charge in [0.1, 0.15) is 5.82 Å². The molecule has 2 heteroatoms. The molecule has 0 heterocycles. The van der Waals surface area contributed by atoms with Gasteiger partial charge in [-0.15, -0.1) is 0 Å². The van der Waals surface area contributed by atoms with Crippen LogP contribution in [0.4, 0.5) is 10.1 Å². The fraction of sp³-hybridized carbons (Fsp3) is 0.368. The fourth-order valence-electron chi connectivity index (χ4n) is 2.68. The van der Waals surface area contributed by atoms with E-state index in [4.69, 9.17) is 0 Å². The quantitative estimate of drug-likeness (QED) is 0.708. The van der Waals surface area contributed by atoms with E-state index in [-0.39, 0.29) is 11.9 Å². The van der Waals surface area contributed by atoms with Gasteiger partial charge in [-0.1, -0.05) is 38.0 Å². The van der Waals surface area contributed by atoms with Gasteiger partial charge < -0.3 is 5.32 Å². The molecule has 0 amide bonds. The van der Waals surface area contributed by atoms with E-state index in [1.165, 1.54) is 23.3 Å². The van der Waals surface area contributed by atoms with E-state index >= 15 is 0 Å². The highest BCUT2D eigenvalue weighted by molar-refractivity contribution is 5.50. The molecule has 0 saturated carbocycles. The summed E-state index contributed by atoms with van der Waals surface area (Å²) >= 11 is 0. The van der Waals surface area contributed by atoms with Crippen molar-refractivity contribution in [1.82, 2.24) is 0 Å². The molecule has 0 aliphatic carbocycles. The third-order valence-corrected chi connectivity index (χ3v) is 3.68. The summed E-state index contributed by atoms with van der Waals surface area (Å²) in [6, 6.07) is 13.6. The Labute approximate surface area is 127 Å². The van der Waals surface area contributed by atoms with Gasteiger partial charge in [0.05, 0.1) is 6.04 Å². The van der Waals surface area contributed by atoms with Gasteiger partial charge in [-0.05, 0) is 61.2 Å². The van der Waals surface area contributed by atoms with Crippen molar-refractivity contribution in [3.8, 4) is 0 Å². The van der Waals surface area contributed by atoms with Crippen LogP contribution in [-0.2, 0) is 0 Å². The number of nitrogens with one attached hydrogen (secondary N) is 1. The second kappa shape index (κ2) is 7.26. The number of unbranched alkanes of at least 4 members (excludes halogenated alkanes) is 1. The van der Waals surface area contributed by atoms with Crippen LogP contribution in [0.25, 0.3) is 0 Å². The maximum Gasteiger partial charge on any atom is 0.123 e. The Kier molecular flexibility index (Phi) is 5.38. The molecule has 0 aliphatic rings. The zero-order chi connectivity index (χ0) is 15.2. The molecule has 0 radical (unpaired) electrons. The van der Waals surface area contributed by atoms with E-state index < -0.39 is 0 Å². The average molecular weight is 285 g/mol. The van der Waals surface area contributed by atoms with Gasteiger partial charge in [0.2, 0.25) is 0 Å². The number of anilines is 1. The topological polar surface area (TPSA) is 12.0 Å². The average Bonchev–Trinajstić information content (AvgIpc) is 2.43. The first-order valence-corrected chi connectivity index (χ1v) is 7.69. The van der Waals surface area contributed by atoms with Crippen molar-refractivity contribution in [2.45, 2.75) is 46.1 Å². The summed E-state index contributed by atoms with van der Waals surface area (Å²) in [4.78, 5) is 0. The molecule has 2 rings (SSSR count). The van der Waals surface area contributed by atoms with Gasteiger partial charge in [-0.3, -0.25) is 0 Å². The molecular weight excluding hydrogens is 261 g/mol. The Balaban J connectivity index is 2.21.